The molecule has 3 atom stereocenters. The first-order valence-electron chi connectivity index (χ1n) is 6.53. The maximum atomic E-state index is 11.4. The second-order valence-corrected chi connectivity index (χ2v) is 7.29. The molecule has 2 N–H and O–H groups in total. The smallest absolute Gasteiger partial charge is 0.306 e. The number of ether oxygens (including phenoxy) is 2. The summed E-state index contributed by atoms with van der Waals surface area (Å²) in [5.41, 5.74) is 0. The van der Waals surface area contributed by atoms with Crippen LogP contribution >= 0.6 is 0 Å². The Hall–Kier alpha value is -0.700. The number of sulfone groups is 1. The number of aliphatic hydroxyl groups excluding tert-OH is 1. The normalized spacial score (nSPS) is 24.4. The zero-order valence-electron chi connectivity index (χ0n) is 11.5. The summed E-state index contributed by atoms with van der Waals surface area (Å²) in [4.78, 5) is 11.2. The monoisotopic (exact) mass is 310 g/mol. The van der Waals surface area contributed by atoms with Crippen LogP contribution in [0.5, 0.6) is 0 Å². The fourth-order valence-electron chi connectivity index (χ4n) is 2.36. The molecule has 1 saturated heterocycles. The molecule has 0 bridgehead atoms. The average Bonchev–Trinajstić information content (AvgIpc) is 2.71. The van der Waals surface area contributed by atoms with E-state index in [0.717, 1.165) is 0 Å². The van der Waals surface area contributed by atoms with Crippen LogP contribution in [0.25, 0.3) is 0 Å². The Bertz CT molecular complexity index is 406. The van der Waals surface area contributed by atoms with Crippen molar-refractivity contribution in [2.75, 3.05) is 38.4 Å². The molecular formula is C12H22O7S. The molecule has 0 radical (unpaired) electrons. The molecule has 0 aromatic rings. The highest BCUT2D eigenvalue weighted by Crippen LogP contribution is 2.29. The first-order valence-corrected chi connectivity index (χ1v) is 8.36. The van der Waals surface area contributed by atoms with Crippen LogP contribution in [0, 0.1) is 11.8 Å². The highest BCUT2D eigenvalue weighted by molar-refractivity contribution is 7.91. The van der Waals surface area contributed by atoms with Gasteiger partial charge >= 0.3 is 5.97 Å². The molecule has 0 spiro atoms. The summed E-state index contributed by atoms with van der Waals surface area (Å²) in [6.45, 7) is 0.742. The number of hydrogen-bond donors (Lipinski definition) is 2. The Morgan fingerprint density at radius 2 is 2.10 bits per heavy atom. The van der Waals surface area contributed by atoms with Gasteiger partial charge in [-0.2, -0.15) is 0 Å². The Balaban J connectivity index is 2.45. The third-order valence-corrected chi connectivity index (χ3v) is 5.22. The fourth-order valence-corrected chi connectivity index (χ4v) is 4.24. The van der Waals surface area contributed by atoms with Crippen LogP contribution < -0.4 is 0 Å². The van der Waals surface area contributed by atoms with Gasteiger partial charge < -0.3 is 19.7 Å². The third kappa shape index (κ3) is 5.74. The molecule has 1 aliphatic heterocycles. The van der Waals surface area contributed by atoms with Crippen molar-refractivity contribution in [2.24, 2.45) is 11.8 Å². The quantitative estimate of drug-likeness (QED) is 0.554. The lowest BCUT2D eigenvalue weighted by Crippen LogP contribution is -2.30. The number of carboxylic acid groups (broad SMARTS) is 1. The van der Waals surface area contributed by atoms with Gasteiger partial charge in [-0.25, -0.2) is 8.42 Å². The first-order chi connectivity index (χ1) is 9.35. The molecule has 118 valence electrons. The highest BCUT2D eigenvalue weighted by atomic mass is 32.2. The molecule has 1 fully saturated rings. The SMILES string of the molecule is COCCOCC(O)CC(C(=O)O)C1CCS(=O)(=O)C1. The summed E-state index contributed by atoms with van der Waals surface area (Å²) in [6, 6.07) is 0. The van der Waals surface area contributed by atoms with Gasteiger partial charge in [-0.3, -0.25) is 4.79 Å². The predicted molar refractivity (Wildman–Crippen MR) is 71.2 cm³/mol. The minimum Gasteiger partial charge on any atom is -0.481 e. The molecule has 0 amide bonds. The van der Waals surface area contributed by atoms with Gasteiger partial charge in [-0.15, -0.1) is 0 Å². The first kappa shape index (κ1) is 17.4. The van der Waals surface area contributed by atoms with E-state index in [1.165, 1.54) is 7.11 Å². The number of methoxy groups -OCH3 is 1. The van der Waals surface area contributed by atoms with Crippen LogP contribution in [0.2, 0.25) is 0 Å². The van der Waals surface area contributed by atoms with Crippen LogP contribution in [0.1, 0.15) is 12.8 Å². The predicted octanol–water partition coefficient (Wildman–Crippen LogP) is -0.464. The Kier molecular flexibility index (Phi) is 6.87. The molecule has 0 saturated carbocycles. The molecule has 1 rings (SSSR count). The van der Waals surface area contributed by atoms with E-state index in [1.54, 1.807) is 0 Å². The summed E-state index contributed by atoms with van der Waals surface area (Å²) in [7, 11) is -1.60. The van der Waals surface area contributed by atoms with Gasteiger partial charge in [0.25, 0.3) is 0 Å². The van der Waals surface area contributed by atoms with Crippen molar-refractivity contribution in [1.82, 2.24) is 0 Å². The van der Waals surface area contributed by atoms with E-state index < -0.39 is 33.7 Å². The van der Waals surface area contributed by atoms with Gasteiger partial charge in [0.2, 0.25) is 0 Å². The van der Waals surface area contributed by atoms with Gasteiger partial charge in [-0.1, -0.05) is 0 Å². The summed E-state index contributed by atoms with van der Waals surface area (Å²) >= 11 is 0. The minimum atomic E-state index is -3.13. The van der Waals surface area contributed by atoms with E-state index >= 15 is 0 Å². The standard InChI is InChI=1S/C12H22O7S/c1-18-3-4-19-7-10(13)6-11(12(14)15)9-2-5-20(16,17)8-9/h9-11,13H,2-8H2,1H3,(H,14,15). The maximum Gasteiger partial charge on any atom is 0.306 e. The summed E-state index contributed by atoms with van der Waals surface area (Å²) in [5.74, 6) is -2.43. The topological polar surface area (TPSA) is 110 Å². The van der Waals surface area contributed by atoms with Crippen LogP contribution in [-0.4, -0.2) is 69.1 Å². The van der Waals surface area contributed by atoms with E-state index in [9.17, 15) is 23.4 Å². The van der Waals surface area contributed by atoms with Crippen LogP contribution in [-0.2, 0) is 24.1 Å². The molecule has 0 aromatic carbocycles. The lowest BCUT2D eigenvalue weighted by Gasteiger charge is -2.21. The van der Waals surface area contributed by atoms with Gasteiger partial charge in [0.15, 0.2) is 9.84 Å². The van der Waals surface area contributed by atoms with Crippen LogP contribution in [0.15, 0.2) is 0 Å². The van der Waals surface area contributed by atoms with E-state index in [-0.39, 0.29) is 24.5 Å². The zero-order chi connectivity index (χ0) is 15.2. The number of carbonyl (C=O) groups is 1. The lowest BCUT2D eigenvalue weighted by atomic mass is 9.87. The maximum absolute atomic E-state index is 11.4. The Labute approximate surface area is 118 Å². The highest BCUT2D eigenvalue weighted by Gasteiger charge is 2.38. The van der Waals surface area contributed by atoms with E-state index in [1.807, 2.05) is 0 Å². The Morgan fingerprint density at radius 1 is 1.40 bits per heavy atom. The summed E-state index contributed by atoms with van der Waals surface area (Å²) in [5, 5.41) is 19.0. The second kappa shape index (κ2) is 7.92. The molecule has 0 aromatic heterocycles. The molecule has 3 unspecified atom stereocenters. The summed E-state index contributed by atoms with van der Waals surface area (Å²) < 4.78 is 32.7. The van der Waals surface area contributed by atoms with E-state index in [4.69, 9.17) is 9.47 Å². The van der Waals surface area contributed by atoms with Crippen molar-refractivity contribution in [3.05, 3.63) is 0 Å². The number of hydrogen-bond acceptors (Lipinski definition) is 6. The molecule has 8 heteroatoms. The third-order valence-electron chi connectivity index (χ3n) is 3.42. The molecule has 1 aliphatic rings. The van der Waals surface area contributed by atoms with Crippen LogP contribution in [0.3, 0.4) is 0 Å². The zero-order valence-corrected chi connectivity index (χ0v) is 12.3. The van der Waals surface area contributed by atoms with E-state index in [0.29, 0.717) is 19.6 Å². The van der Waals surface area contributed by atoms with Gasteiger partial charge in [0.05, 0.1) is 43.3 Å². The fraction of sp³-hybridized carbons (Fsp3) is 0.917. The number of rotatable bonds is 9. The second-order valence-electron chi connectivity index (χ2n) is 5.07. The molecule has 1 heterocycles. The van der Waals surface area contributed by atoms with Gasteiger partial charge in [0, 0.05) is 7.11 Å². The van der Waals surface area contributed by atoms with Crippen molar-refractivity contribution >= 4 is 15.8 Å². The summed E-state index contributed by atoms with van der Waals surface area (Å²) in [6.07, 6.45) is -0.574. The minimum absolute atomic E-state index is 0.00248. The largest absolute Gasteiger partial charge is 0.481 e. The van der Waals surface area contributed by atoms with Crippen molar-refractivity contribution in [2.45, 2.75) is 18.9 Å². The molecular weight excluding hydrogens is 288 g/mol. The average molecular weight is 310 g/mol. The Morgan fingerprint density at radius 3 is 2.60 bits per heavy atom. The molecule has 20 heavy (non-hydrogen) atoms. The van der Waals surface area contributed by atoms with Crippen molar-refractivity contribution in [3.63, 3.8) is 0 Å². The van der Waals surface area contributed by atoms with Crippen LogP contribution in [0.4, 0.5) is 0 Å². The van der Waals surface area contributed by atoms with Gasteiger partial charge in [-0.05, 0) is 18.8 Å². The molecule has 7 nitrogen and oxygen atoms in total. The molecule has 0 aliphatic carbocycles. The van der Waals surface area contributed by atoms with Crippen molar-refractivity contribution < 1.29 is 32.9 Å². The van der Waals surface area contributed by atoms with Gasteiger partial charge in [0.1, 0.15) is 0 Å². The van der Waals surface area contributed by atoms with Crippen molar-refractivity contribution in [3.8, 4) is 0 Å². The lowest BCUT2D eigenvalue weighted by molar-refractivity contribution is -0.145. The number of carboxylic acids is 1. The van der Waals surface area contributed by atoms with Crippen molar-refractivity contribution in [1.29, 1.82) is 0 Å². The number of aliphatic carboxylic acids is 1. The number of aliphatic hydroxyl groups is 1. The van der Waals surface area contributed by atoms with E-state index in [2.05, 4.69) is 0 Å².